The normalized spacial score (nSPS) is 12.9. The van der Waals surface area contributed by atoms with Crippen LogP contribution in [0.1, 0.15) is 30.6 Å². The van der Waals surface area contributed by atoms with Crippen molar-refractivity contribution in [2.75, 3.05) is 25.1 Å². The standard InChI is InChI=1S/C21H27NO5/c1-15-7-9-17(10-8-15)22-21(25)27-20(16(2)11-12-23)18-5-3-4-6-19(18)26-14-13-24/h3-10,16,20,23-24H,11-14H2,1-2H3,(H,22,25)/t16-,20-/m0/s1. The number of carbonyl (C=O) groups is 1. The van der Waals surface area contributed by atoms with Gasteiger partial charge in [0.15, 0.2) is 0 Å². The highest BCUT2D eigenvalue weighted by atomic mass is 16.6. The first-order valence-corrected chi connectivity index (χ1v) is 9.03. The molecular weight excluding hydrogens is 346 g/mol. The monoisotopic (exact) mass is 373 g/mol. The molecule has 6 nitrogen and oxygen atoms in total. The molecule has 0 saturated heterocycles. The summed E-state index contributed by atoms with van der Waals surface area (Å²) >= 11 is 0. The van der Waals surface area contributed by atoms with Gasteiger partial charge in [0.1, 0.15) is 18.5 Å². The molecule has 0 heterocycles. The number of amides is 1. The number of rotatable bonds is 9. The number of hydrogen-bond acceptors (Lipinski definition) is 5. The fraction of sp³-hybridized carbons (Fsp3) is 0.381. The summed E-state index contributed by atoms with van der Waals surface area (Å²) < 4.78 is 11.3. The van der Waals surface area contributed by atoms with E-state index in [2.05, 4.69) is 5.32 Å². The van der Waals surface area contributed by atoms with Crippen molar-refractivity contribution in [2.24, 2.45) is 5.92 Å². The molecule has 2 aromatic carbocycles. The van der Waals surface area contributed by atoms with E-state index < -0.39 is 12.2 Å². The van der Waals surface area contributed by atoms with Gasteiger partial charge in [0.05, 0.1) is 6.61 Å². The minimum absolute atomic E-state index is 0.0136. The van der Waals surface area contributed by atoms with Crippen molar-refractivity contribution in [2.45, 2.75) is 26.4 Å². The highest BCUT2D eigenvalue weighted by Gasteiger charge is 2.26. The van der Waals surface area contributed by atoms with Crippen LogP contribution in [0.5, 0.6) is 5.75 Å². The Labute approximate surface area is 159 Å². The quantitative estimate of drug-likeness (QED) is 0.624. The van der Waals surface area contributed by atoms with E-state index in [-0.39, 0.29) is 25.7 Å². The van der Waals surface area contributed by atoms with Crippen LogP contribution in [-0.2, 0) is 4.74 Å². The molecule has 27 heavy (non-hydrogen) atoms. The zero-order valence-corrected chi connectivity index (χ0v) is 15.7. The van der Waals surface area contributed by atoms with Gasteiger partial charge < -0.3 is 19.7 Å². The van der Waals surface area contributed by atoms with E-state index in [4.69, 9.17) is 14.6 Å². The molecule has 0 radical (unpaired) electrons. The van der Waals surface area contributed by atoms with E-state index in [1.165, 1.54) is 0 Å². The maximum Gasteiger partial charge on any atom is 0.412 e. The fourth-order valence-electron chi connectivity index (χ4n) is 2.74. The molecule has 2 aromatic rings. The van der Waals surface area contributed by atoms with Crippen LogP contribution in [0, 0.1) is 12.8 Å². The molecule has 0 aliphatic rings. The van der Waals surface area contributed by atoms with Crippen LogP contribution < -0.4 is 10.1 Å². The van der Waals surface area contributed by atoms with E-state index in [1.54, 1.807) is 18.2 Å². The predicted octanol–water partition coefficient (Wildman–Crippen LogP) is 3.67. The van der Waals surface area contributed by atoms with Gasteiger partial charge in [-0.25, -0.2) is 4.79 Å². The second kappa shape index (κ2) is 10.5. The zero-order valence-electron chi connectivity index (χ0n) is 15.7. The van der Waals surface area contributed by atoms with Gasteiger partial charge in [0.25, 0.3) is 0 Å². The average molecular weight is 373 g/mol. The van der Waals surface area contributed by atoms with Crippen LogP contribution in [-0.4, -0.2) is 36.1 Å². The van der Waals surface area contributed by atoms with Gasteiger partial charge in [0, 0.05) is 17.9 Å². The average Bonchev–Trinajstić information content (AvgIpc) is 2.67. The van der Waals surface area contributed by atoms with E-state index in [0.717, 1.165) is 5.56 Å². The lowest BCUT2D eigenvalue weighted by Gasteiger charge is -2.26. The van der Waals surface area contributed by atoms with E-state index >= 15 is 0 Å². The summed E-state index contributed by atoms with van der Waals surface area (Å²) in [7, 11) is 0. The molecule has 2 rings (SSSR count). The van der Waals surface area contributed by atoms with Crippen molar-refractivity contribution in [1.29, 1.82) is 0 Å². The van der Waals surface area contributed by atoms with Crippen LogP contribution >= 0.6 is 0 Å². The lowest BCUT2D eigenvalue weighted by atomic mass is 9.94. The summed E-state index contributed by atoms with van der Waals surface area (Å²) in [5.41, 5.74) is 2.44. The lowest BCUT2D eigenvalue weighted by Crippen LogP contribution is -2.23. The molecule has 2 atom stereocenters. The second-order valence-electron chi connectivity index (χ2n) is 6.42. The predicted molar refractivity (Wildman–Crippen MR) is 104 cm³/mol. The summed E-state index contributed by atoms with van der Waals surface area (Å²) in [6.45, 7) is 3.90. The number of aliphatic hydroxyl groups excluding tert-OH is 2. The Morgan fingerprint density at radius 1 is 1.07 bits per heavy atom. The molecule has 0 aliphatic carbocycles. The molecule has 0 spiro atoms. The zero-order chi connectivity index (χ0) is 19.6. The third kappa shape index (κ3) is 6.27. The number of carbonyl (C=O) groups excluding carboxylic acids is 1. The molecule has 0 bridgehead atoms. The van der Waals surface area contributed by atoms with Gasteiger partial charge >= 0.3 is 6.09 Å². The minimum Gasteiger partial charge on any atom is -0.491 e. The molecule has 0 aromatic heterocycles. The van der Waals surface area contributed by atoms with Gasteiger partial charge in [-0.2, -0.15) is 0 Å². The smallest absolute Gasteiger partial charge is 0.412 e. The number of para-hydroxylation sites is 1. The van der Waals surface area contributed by atoms with Crippen molar-refractivity contribution in [1.82, 2.24) is 0 Å². The number of nitrogens with one attached hydrogen (secondary N) is 1. The van der Waals surface area contributed by atoms with Crippen molar-refractivity contribution < 1.29 is 24.5 Å². The van der Waals surface area contributed by atoms with Crippen LogP contribution in [0.2, 0.25) is 0 Å². The van der Waals surface area contributed by atoms with Crippen molar-refractivity contribution in [3.8, 4) is 5.75 Å². The molecular formula is C21H27NO5. The van der Waals surface area contributed by atoms with Gasteiger partial charge in [-0.1, -0.05) is 42.8 Å². The summed E-state index contributed by atoms with van der Waals surface area (Å²) in [6, 6.07) is 14.7. The number of anilines is 1. The molecule has 0 unspecified atom stereocenters. The Morgan fingerprint density at radius 3 is 2.44 bits per heavy atom. The topological polar surface area (TPSA) is 88.0 Å². The largest absolute Gasteiger partial charge is 0.491 e. The second-order valence-corrected chi connectivity index (χ2v) is 6.42. The van der Waals surface area contributed by atoms with E-state index in [0.29, 0.717) is 23.4 Å². The number of benzene rings is 2. The summed E-state index contributed by atoms with van der Waals surface area (Å²) in [5.74, 6) is 0.419. The molecule has 3 N–H and O–H groups in total. The number of ether oxygens (including phenoxy) is 2. The van der Waals surface area contributed by atoms with E-state index in [9.17, 15) is 9.90 Å². The number of aryl methyl sites for hydroxylation is 1. The molecule has 0 saturated carbocycles. The van der Waals surface area contributed by atoms with Crippen molar-refractivity contribution >= 4 is 11.8 Å². The maximum atomic E-state index is 12.4. The Hall–Kier alpha value is -2.57. The fourth-order valence-corrected chi connectivity index (χ4v) is 2.74. The highest BCUT2D eigenvalue weighted by Crippen LogP contribution is 2.35. The Kier molecular flexibility index (Phi) is 8.10. The first kappa shape index (κ1) is 20.7. The Balaban J connectivity index is 2.19. The van der Waals surface area contributed by atoms with E-state index in [1.807, 2.05) is 44.2 Å². The van der Waals surface area contributed by atoms with Gasteiger partial charge in [-0.3, -0.25) is 5.32 Å². The maximum absolute atomic E-state index is 12.4. The Morgan fingerprint density at radius 2 is 1.78 bits per heavy atom. The summed E-state index contributed by atoms with van der Waals surface area (Å²) in [6.07, 6.45) is -0.709. The van der Waals surface area contributed by atoms with Crippen LogP contribution in [0.4, 0.5) is 10.5 Å². The molecule has 0 fully saturated rings. The van der Waals surface area contributed by atoms with Crippen LogP contribution in [0.15, 0.2) is 48.5 Å². The first-order chi connectivity index (χ1) is 13.0. The summed E-state index contributed by atoms with van der Waals surface area (Å²) in [5, 5.41) is 21.1. The van der Waals surface area contributed by atoms with Crippen molar-refractivity contribution in [3.63, 3.8) is 0 Å². The minimum atomic E-state index is -0.600. The summed E-state index contributed by atoms with van der Waals surface area (Å²) in [4.78, 5) is 12.4. The third-order valence-corrected chi connectivity index (χ3v) is 4.21. The lowest BCUT2D eigenvalue weighted by molar-refractivity contribution is 0.0641. The van der Waals surface area contributed by atoms with Crippen LogP contribution in [0.25, 0.3) is 0 Å². The molecule has 1 amide bonds. The van der Waals surface area contributed by atoms with Gasteiger partial charge in [-0.15, -0.1) is 0 Å². The van der Waals surface area contributed by atoms with Crippen LogP contribution in [0.3, 0.4) is 0 Å². The molecule has 6 heteroatoms. The number of hydrogen-bond donors (Lipinski definition) is 3. The Bertz CT molecular complexity index is 717. The third-order valence-electron chi connectivity index (χ3n) is 4.21. The molecule has 0 aliphatic heterocycles. The SMILES string of the molecule is Cc1ccc(NC(=O)O[C@H](c2ccccc2OCCO)[C@@H](C)CCO)cc1. The van der Waals surface area contributed by atoms with Gasteiger partial charge in [-0.05, 0) is 37.5 Å². The first-order valence-electron chi connectivity index (χ1n) is 9.03. The molecule has 146 valence electrons. The highest BCUT2D eigenvalue weighted by molar-refractivity contribution is 5.84. The number of aliphatic hydroxyl groups is 2. The van der Waals surface area contributed by atoms with Crippen molar-refractivity contribution in [3.05, 3.63) is 59.7 Å². The van der Waals surface area contributed by atoms with Gasteiger partial charge in [0.2, 0.25) is 0 Å².